The Morgan fingerprint density at radius 2 is 0.500 bits per heavy atom. The fourth-order valence-electron chi connectivity index (χ4n) is 0. The zero-order valence-corrected chi connectivity index (χ0v) is 14.8. The van der Waals surface area contributed by atoms with Crippen LogP contribution in [0.3, 0.4) is 0 Å². The minimum atomic E-state index is 1.00. The van der Waals surface area contributed by atoms with Crippen molar-refractivity contribution in [2.24, 2.45) is 0 Å². The molecule has 0 fully saturated rings. The highest BCUT2D eigenvalue weighted by Crippen LogP contribution is 2.09. The SMILES string of the molecule is CO.CSSC.CSSC.CSSC. The van der Waals surface area contributed by atoms with Gasteiger partial charge in [0.25, 0.3) is 0 Å². The summed E-state index contributed by atoms with van der Waals surface area (Å²) in [5.41, 5.74) is 0. The van der Waals surface area contributed by atoms with E-state index < -0.39 is 0 Å². The quantitative estimate of drug-likeness (QED) is 0.764. The van der Waals surface area contributed by atoms with E-state index in [1.807, 2.05) is 0 Å². The van der Waals surface area contributed by atoms with E-state index in [1.54, 1.807) is 64.8 Å². The molecule has 0 aliphatic carbocycles. The molecule has 0 aromatic rings. The molecule has 0 saturated heterocycles. The monoisotopic (exact) mass is 314 g/mol. The summed E-state index contributed by atoms with van der Waals surface area (Å²) < 4.78 is 0. The summed E-state index contributed by atoms with van der Waals surface area (Å²) in [4.78, 5) is 0. The van der Waals surface area contributed by atoms with Crippen LogP contribution in [0.1, 0.15) is 0 Å². The normalized spacial score (nSPS) is 6.86. The van der Waals surface area contributed by atoms with Gasteiger partial charge >= 0.3 is 0 Å². The minimum absolute atomic E-state index is 1.00. The van der Waals surface area contributed by atoms with Crippen molar-refractivity contribution in [2.75, 3.05) is 44.6 Å². The van der Waals surface area contributed by atoms with E-state index in [0.29, 0.717) is 0 Å². The summed E-state index contributed by atoms with van der Waals surface area (Å²) in [7, 11) is 11.6. The predicted molar refractivity (Wildman–Crippen MR) is 89.2 cm³/mol. The fourth-order valence-corrected chi connectivity index (χ4v) is 0. The van der Waals surface area contributed by atoms with Gasteiger partial charge < -0.3 is 5.11 Å². The highest BCUT2D eigenvalue weighted by molar-refractivity contribution is 8.76. The largest absolute Gasteiger partial charge is 0.400 e. The van der Waals surface area contributed by atoms with E-state index in [-0.39, 0.29) is 0 Å². The number of hydrogen-bond donors (Lipinski definition) is 1. The van der Waals surface area contributed by atoms with Crippen LogP contribution in [0.4, 0.5) is 0 Å². The Hall–Kier alpha value is 2.06. The lowest BCUT2D eigenvalue weighted by Gasteiger charge is -1.69. The van der Waals surface area contributed by atoms with Crippen molar-refractivity contribution in [3.05, 3.63) is 0 Å². The molecule has 1 nitrogen and oxygen atoms in total. The van der Waals surface area contributed by atoms with E-state index in [4.69, 9.17) is 5.11 Å². The topological polar surface area (TPSA) is 20.2 Å². The van der Waals surface area contributed by atoms with Crippen LogP contribution in [0.25, 0.3) is 0 Å². The van der Waals surface area contributed by atoms with E-state index >= 15 is 0 Å². The molecule has 0 bridgehead atoms. The molecule has 0 aliphatic heterocycles. The second kappa shape index (κ2) is 45.8. The summed E-state index contributed by atoms with van der Waals surface area (Å²) in [6.45, 7) is 0. The van der Waals surface area contributed by atoms with Crippen LogP contribution >= 0.6 is 64.8 Å². The van der Waals surface area contributed by atoms with Gasteiger partial charge in [-0.25, -0.2) is 0 Å². The molecule has 0 aliphatic rings. The molecule has 0 amide bonds. The standard InChI is InChI=1S/3C2H6S2.CH4O/c3*1-3-4-2;1-2/h3*1-2H3;2H,1H3. The lowest BCUT2D eigenvalue weighted by atomic mass is 11.8. The molecule has 0 heterocycles. The second-order valence-corrected chi connectivity index (χ2v) is 9.00. The van der Waals surface area contributed by atoms with Crippen molar-refractivity contribution >= 4 is 64.8 Å². The number of rotatable bonds is 3. The van der Waals surface area contributed by atoms with E-state index in [1.165, 1.54) is 0 Å². The van der Waals surface area contributed by atoms with Gasteiger partial charge in [-0.3, -0.25) is 0 Å². The van der Waals surface area contributed by atoms with Gasteiger partial charge in [-0.05, 0) is 37.5 Å². The molecule has 14 heavy (non-hydrogen) atoms. The molecule has 0 saturated carbocycles. The Bertz CT molecular complexity index is 33.7. The highest BCUT2D eigenvalue weighted by Gasteiger charge is 1.55. The molecule has 7 heteroatoms. The lowest BCUT2D eigenvalue weighted by molar-refractivity contribution is 0.399. The van der Waals surface area contributed by atoms with Crippen molar-refractivity contribution < 1.29 is 5.11 Å². The summed E-state index contributed by atoms with van der Waals surface area (Å²) in [5.74, 6) is 0. The number of aliphatic hydroxyl groups excluding tert-OH is 1. The Balaban J connectivity index is -0.0000000492. The third kappa shape index (κ3) is 93.7. The minimum Gasteiger partial charge on any atom is -0.400 e. The van der Waals surface area contributed by atoms with Crippen LogP contribution in [0.5, 0.6) is 0 Å². The summed E-state index contributed by atoms with van der Waals surface area (Å²) in [6.07, 6.45) is 12.4. The Morgan fingerprint density at radius 3 is 0.500 bits per heavy atom. The van der Waals surface area contributed by atoms with Gasteiger partial charge in [0.05, 0.1) is 0 Å². The molecule has 0 atom stereocenters. The summed E-state index contributed by atoms with van der Waals surface area (Å²) >= 11 is 0. The van der Waals surface area contributed by atoms with Crippen LogP contribution in [0.15, 0.2) is 0 Å². The zero-order valence-electron chi connectivity index (χ0n) is 9.90. The molecule has 92 valence electrons. The lowest BCUT2D eigenvalue weighted by Crippen LogP contribution is -1.28. The molecule has 1 N–H and O–H groups in total. The first kappa shape index (κ1) is 25.0. The van der Waals surface area contributed by atoms with Crippen molar-refractivity contribution in [2.45, 2.75) is 0 Å². The summed E-state index contributed by atoms with van der Waals surface area (Å²) in [6, 6.07) is 0. The Morgan fingerprint density at radius 1 is 0.429 bits per heavy atom. The number of aliphatic hydroxyl groups is 1. The van der Waals surface area contributed by atoms with Gasteiger partial charge in [0.2, 0.25) is 0 Å². The van der Waals surface area contributed by atoms with Crippen LogP contribution in [0.2, 0.25) is 0 Å². The van der Waals surface area contributed by atoms with Crippen molar-refractivity contribution in [3.8, 4) is 0 Å². The van der Waals surface area contributed by atoms with Crippen molar-refractivity contribution in [1.29, 1.82) is 0 Å². The molecule has 0 aromatic heterocycles. The predicted octanol–water partition coefficient (Wildman–Crippen LogP) is 4.49. The van der Waals surface area contributed by atoms with Crippen LogP contribution in [-0.2, 0) is 0 Å². The molecular formula is C7H22OS6. The zero-order chi connectivity index (χ0) is 12.2. The van der Waals surface area contributed by atoms with Crippen molar-refractivity contribution in [3.63, 3.8) is 0 Å². The fraction of sp³-hybridized carbons (Fsp3) is 1.00. The van der Waals surface area contributed by atoms with Gasteiger partial charge in [-0.15, -0.1) is 0 Å². The van der Waals surface area contributed by atoms with E-state index in [0.717, 1.165) is 7.11 Å². The van der Waals surface area contributed by atoms with E-state index in [9.17, 15) is 0 Å². The van der Waals surface area contributed by atoms with Crippen LogP contribution < -0.4 is 0 Å². The highest BCUT2D eigenvalue weighted by atomic mass is 33.1. The molecule has 0 spiro atoms. The van der Waals surface area contributed by atoms with Crippen LogP contribution in [0, 0.1) is 0 Å². The third-order valence-electron chi connectivity index (χ3n) is 0.500. The van der Waals surface area contributed by atoms with Crippen molar-refractivity contribution in [1.82, 2.24) is 0 Å². The average molecular weight is 315 g/mol. The average Bonchev–Trinajstić information content (AvgIpc) is 2.31. The summed E-state index contributed by atoms with van der Waals surface area (Å²) in [5, 5.41) is 7.00. The number of hydrogen-bond acceptors (Lipinski definition) is 7. The van der Waals surface area contributed by atoms with E-state index in [2.05, 4.69) is 37.5 Å². The van der Waals surface area contributed by atoms with Gasteiger partial charge in [-0.1, -0.05) is 64.8 Å². The van der Waals surface area contributed by atoms with Crippen LogP contribution in [-0.4, -0.2) is 49.8 Å². The Kier molecular flexibility index (Phi) is 82.0. The first-order chi connectivity index (χ1) is 6.74. The Labute approximate surface area is 114 Å². The molecule has 0 radical (unpaired) electrons. The molecule has 0 aromatic carbocycles. The maximum atomic E-state index is 7.00. The van der Waals surface area contributed by atoms with Gasteiger partial charge in [0.15, 0.2) is 0 Å². The molecular weight excluding hydrogens is 292 g/mol. The first-order valence-corrected chi connectivity index (χ1v) is 12.3. The smallest absolute Gasteiger partial charge is 0.0319 e. The van der Waals surface area contributed by atoms with Gasteiger partial charge in [-0.2, -0.15) is 0 Å². The third-order valence-corrected chi connectivity index (χ3v) is 4.50. The molecule has 0 unspecified atom stereocenters. The second-order valence-electron chi connectivity index (χ2n) is 1.00. The first-order valence-electron chi connectivity index (χ1n) is 3.40. The molecule has 0 rings (SSSR count). The van der Waals surface area contributed by atoms with Gasteiger partial charge in [0.1, 0.15) is 0 Å². The maximum Gasteiger partial charge on any atom is 0.0319 e. The van der Waals surface area contributed by atoms with Gasteiger partial charge in [0, 0.05) is 7.11 Å². The maximum absolute atomic E-state index is 7.00.